The molecule has 6 nitrogen and oxygen atoms in total. The maximum atomic E-state index is 13.2. The number of carbonyl (C=O) groups is 2. The molecule has 1 aliphatic rings. The molecular formula is C19H19Cl2N3O3. The van der Waals surface area contributed by atoms with E-state index >= 15 is 0 Å². The number of hydrogen-bond donors (Lipinski definition) is 0. The maximum absolute atomic E-state index is 13.2. The first-order chi connectivity index (χ1) is 12.9. The Bertz CT molecular complexity index is 871. The molecule has 3 rings (SSSR count). The molecule has 0 unspecified atom stereocenters. The fourth-order valence-electron chi connectivity index (χ4n) is 2.89. The average molecular weight is 408 g/mol. The molecule has 27 heavy (non-hydrogen) atoms. The van der Waals surface area contributed by atoms with Gasteiger partial charge in [0.25, 0.3) is 5.91 Å². The first-order valence-corrected chi connectivity index (χ1v) is 9.40. The van der Waals surface area contributed by atoms with Gasteiger partial charge in [0.15, 0.2) is 6.04 Å². The van der Waals surface area contributed by atoms with Crippen LogP contribution >= 0.6 is 23.2 Å². The quantitative estimate of drug-likeness (QED) is 0.676. The second-order valence-electron chi connectivity index (χ2n) is 6.31. The van der Waals surface area contributed by atoms with Gasteiger partial charge in [-0.25, -0.2) is 14.8 Å². The first kappa shape index (κ1) is 19.6. The van der Waals surface area contributed by atoms with Crippen molar-refractivity contribution in [3.8, 4) is 0 Å². The molecule has 0 spiro atoms. The van der Waals surface area contributed by atoms with E-state index in [0.29, 0.717) is 21.3 Å². The van der Waals surface area contributed by atoms with Crippen LogP contribution < -0.4 is 0 Å². The minimum atomic E-state index is -0.968. The fraction of sp³-hybridized carbons (Fsp3) is 0.368. The third-order valence-electron chi connectivity index (χ3n) is 4.24. The van der Waals surface area contributed by atoms with E-state index in [-0.39, 0.29) is 24.2 Å². The van der Waals surface area contributed by atoms with E-state index in [0.717, 1.165) is 12.8 Å². The zero-order valence-electron chi connectivity index (χ0n) is 15.0. The Morgan fingerprint density at radius 2 is 2.00 bits per heavy atom. The Balaban J connectivity index is 2.06. The van der Waals surface area contributed by atoms with Gasteiger partial charge in [0.05, 0.1) is 6.61 Å². The van der Waals surface area contributed by atoms with Crippen LogP contribution in [-0.2, 0) is 9.53 Å². The van der Waals surface area contributed by atoms with Crippen LogP contribution in [0.15, 0.2) is 30.6 Å². The van der Waals surface area contributed by atoms with Gasteiger partial charge < -0.3 is 9.64 Å². The first-order valence-electron chi connectivity index (χ1n) is 8.65. The van der Waals surface area contributed by atoms with Crippen LogP contribution in [0.5, 0.6) is 0 Å². The number of rotatable bonds is 6. The van der Waals surface area contributed by atoms with E-state index in [1.54, 1.807) is 38.1 Å². The van der Waals surface area contributed by atoms with Crippen LogP contribution in [0.25, 0.3) is 0 Å². The van der Waals surface area contributed by atoms with Gasteiger partial charge in [0, 0.05) is 27.3 Å². The summed E-state index contributed by atoms with van der Waals surface area (Å²) in [6, 6.07) is 5.40. The second kappa shape index (κ2) is 8.23. The van der Waals surface area contributed by atoms with E-state index in [4.69, 9.17) is 27.9 Å². The van der Waals surface area contributed by atoms with E-state index in [1.807, 2.05) is 0 Å². The summed E-state index contributed by atoms with van der Waals surface area (Å²) in [4.78, 5) is 35.7. The van der Waals surface area contributed by atoms with Gasteiger partial charge in [-0.1, -0.05) is 29.3 Å². The molecule has 8 heteroatoms. The SMILES string of the molecule is CCOC(=O)[C@@H](c1ccc(Cl)cc1Cl)N(C(=O)c1cc(C)ncn1)C1CC1. The molecule has 0 aliphatic heterocycles. The topological polar surface area (TPSA) is 72.4 Å². The van der Waals surface area contributed by atoms with E-state index in [9.17, 15) is 9.59 Å². The summed E-state index contributed by atoms with van der Waals surface area (Å²) in [5.74, 6) is -0.889. The molecule has 1 heterocycles. The van der Waals surface area contributed by atoms with Gasteiger partial charge in [-0.15, -0.1) is 0 Å². The average Bonchev–Trinajstić information content (AvgIpc) is 3.45. The smallest absolute Gasteiger partial charge is 0.333 e. The monoisotopic (exact) mass is 407 g/mol. The second-order valence-corrected chi connectivity index (χ2v) is 7.15. The number of nitrogens with zero attached hydrogens (tertiary/aromatic N) is 3. The molecular weight excluding hydrogens is 389 g/mol. The highest BCUT2D eigenvalue weighted by Crippen LogP contribution is 2.39. The molecule has 0 radical (unpaired) electrons. The summed E-state index contributed by atoms with van der Waals surface area (Å²) in [5, 5.41) is 0.750. The highest BCUT2D eigenvalue weighted by Gasteiger charge is 2.43. The molecule has 1 saturated carbocycles. The number of aromatic nitrogens is 2. The molecule has 1 aliphatic carbocycles. The Morgan fingerprint density at radius 3 is 2.59 bits per heavy atom. The maximum Gasteiger partial charge on any atom is 0.333 e. The zero-order valence-corrected chi connectivity index (χ0v) is 16.5. The third-order valence-corrected chi connectivity index (χ3v) is 4.81. The predicted octanol–water partition coefficient (Wildman–Crippen LogP) is 4.00. The summed E-state index contributed by atoms with van der Waals surface area (Å²) in [6.45, 7) is 3.69. The minimum Gasteiger partial charge on any atom is -0.464 e. The largest absolute Gasteiger partial charge is 0.464 e. The number of esters is 1. The summed E-state index contributed by atoms with van der Waals surface area (Å²) < 4.78 is 5.26. The van der Waals surface area contributed by atoms with Crippen molar-refractivity contribution in [1.29, 1.82) is 0 Å². The summed E-state index contributed by atoms with van der Waals surface area (Å²) in [6.07, 6.45) is 2.94. The molecule has 0 saturated heterocycles. The molecule has 0 N–H and O–H groups in total. The van der Waals surface area contributed by atoms with Gasteiger partial charge in [0.1, 0.15) is 12.0 Å². The van der Waals surface area contributed by atoms with Crippen molar-refractivity contribution in [3.05, 3.63) is 57.6 Å². The molecule has 1 atom stereocenters. The van der Waals surface area contributed by atoms with E-state index in [2.05, 4.69) is 9.97 Å². The van der Waals surface area contributed by atoms with Crippen molar-refractivity contribution in [1.82, 2.24) is 14.9 Å². The van der Waals surface area contributed by atoms with Crippen LogP contribution in [0.2, 0.25) is 10.0 Å². The van der Waals surface area contributed by atoms with Gasteiger partial charge in [0.2, 0.25) is 0 Å². The Labute approximate surface area is 167 Å². The number of carbonyl (C=O) groups excluding carboxylic acids is 2. The normalized spacial score (nSPS) is 14.5. The number of hydrogen-bond acceptors (Lipinski definition) is 5. The van der Waals surface area contributed by atoms with Crippen molar-refractivity contribution in [3.63, 3.8) is 0 Å². The predicted molar refractivity (Wildman–Crippen MR) is 102 cm³/mol. The summed E-state index contributed by atoms with van der Waals surface area (Å²) in [7, 11) is 0. The number of benzene rings is 1. The van der Waals surface area contributed by atoms with Crippen molar-refractivity contribution in [2.45, 2.75) is 38.8 Å². The Kier molecular flexibility index (Phi) is 5.97. The van der Waals surface area contributed by atoms with Gasteiger partial charge in [-0.3, -0.25) is 4.79 Å². The molecule has 1 amide bonds. The van der Waals surface area contributed by atoms with Gasteiger partial charge in [-0.2, -0.15) is 0 Å². The van der Waals surface area contributed by atoms with Crippen molar-refractivity contribution < 1.29 is 14.3 Å². The van der Waals surface area contributed by atoms with Crippen LogP contribution in [0, 0.1) is 6.92 Å². The van der Waals surface area contributed by atoms with Crippen LogP contribution in [0.1, 0.15) is 47.6 Å². The van der Waals surface area contributed by atoms with Crippen molar-refractivity contribution >= 4 is 35.1 Å². The van der Waals surface area contributed by atoms with Crippen LogP contribution in [-0.4, -0.2) is 39.4 Å². The number of halogens is 2. The van der Waals surface area contributed by atoms with E-state index < -0.39 is 12.0 Å². The van der Waals surface area contributed by atoms with Gasteiger partial charge in [-0.05, 0) is 44.9 Å². The van der Waals surface area contributed by atoms with Crippen molar-refractivity contribution in [2.24, 2.45) is 0 Å². The lowest BCUT2D eigenvalue weighted by molar-refractivity contribution is -0.149. The number of amides is 1. The number of aryl methyl sites for hydroxylation is 1. The molecule has 1 fully saturated rings. The van der Waals surface area contributed by atoms with Gasteiger partial charge >= 0.3 is 5.97 Å². The van der Waals surface area contributed by atoms with Crippen molar-refractivity contribution in [2.75, 3.05) is 6.61 Å². The molecule has 1 aromatic carbocycles. The third kappa shape index (κ3) is 4.39. The molecule has 142 valence electrons. The lowest BCUT2D eigenvalue weighted by Crippen LogP contribution is -2.42. The minimum absolute atomic E-state index is 0.0751. The lowest BCUT2D eigenvalue weighted by atomic mass is 10.0. The Hall–Kier alpha value is -2.18. The zero-order chi connectivity index (χ0) is 19.6. The van der Waals surface area contributed by atoms with E-state index in [1.165, 1.54) is 11.2 Å². The highest BCUT2D eigenvalue weighted by molar-refractivity contribution is 6.35. The summed E-state index contributed by atoms with van der Waals surface area (Å²) in [5.41, 5.74) is 1.38. The fourth-order valence-corrected chi connectivity index (χ4v) is 3.40. The standard InChI is InChI=1S/C19H19Cl2N3O3/c1-3-27-19(26)17(14-7-4-12(20)9-15(14)21)24(13-5-6-13)18(25)16-8-11(2)22-10-23-16/h4,7-10,13,17H,3,5-6H2,1-2H3/t17-/m1/s1. The molecule has 2 aromatic rings. The van der Waals surface area contributed by atoms with Crippen LogP contribution in [0.3, 0.4) is 0 Å². The lowest BCUT2D eigenvalue weighted by Gasteiger charge is -2.31. The molecule has 0 bridgehead atoms. The van der Waals surface area contributed by atoms with Crippen LogP contribution in [0.4, 0.5) is 0 Å². The number of ether oxygens (including phenoxy) is 1. The summed E-state index contributed by atoms with van der Waals surface area (Å²) >= 11 is 12.4. The molecule has 1 aromatic heterocycles. The Morgan fingerprint density at radius 1 is 1.26 bits per heavy atom. The highest BCUT2D eigenvalue weighted by atomic mass is 35.5.